The molecule has 4 heteroatoms. The van der Waals surface area contributed by atoms with E-state index in [0.717, 1.165) is 21.6 Å². The van der Waals surface area contributed by atoms with Crippen LogP contribution in [-0.4, -0.2) is 11.0 Å². The molecule has 0 saturated carbocycles. The van der Waals surface area contributed by atoms with Crippen molar-refractivity contribution in [3.05, 3.63) is 15.0 Å². The van der Waals surface area contributed by atoms with Gasteiger partial charge in [0, 0.05) is 12.5 Å². The van der Waals surface area contributed by atoms with Gasteiger partial charge in [0.25, 0.3) is 0 Å². The quantitative estimate of drug-likeness (QED) is 0.872. The number of halogens is 1. The van der Waals surface area contributed by atoms with E-state index in [1.165, 1.54) is 0 Å². The van der Waals surface area contributed by atoms with Gasteiger partial charge in [0.2, 0.25) is 0 Å². The van der Waals surface area contributed by atoms with Gasteiger partial charge in [0.1, 0.15) is 0 Å². The molecule has 1 heterocycles. The van der Waals surface area contributed by atoms with Crippen molar-refractivity contribution >= 4 is 27.3 Å². The molecule has 62 valence electrons. The van der Waals surface area contributed by atoms with Crippen molar-refractivity contribution in [1.29, 1.82) is 0 Å². The van der Waals surface area contributed by atoms with Crippen molar-refractivity contribution < 1.29 is 0 Å². The molecule has 1 aromatic rings. The maximum atomic E-state index is 5.61. The summed E-state index contributed by atoms with van der Waals surface area (Å²) in [6.45, 7) is 2.02. The van der Waals surface area contributed by atoms with Gasteiger partial charge < -0.3 is 5.73 Å². The van der Waals surface area contributed by atoms with Crippen molar-refractivity contribution in [1.82, 2.24) is 4.98 Å². The number of aromatic nitrogens is 1. The Kier molecular flexibility index (Phi) is 3.48. The Morgan fingerprint density at radius 2 is 2.55 bits per heavy atom. The first-order chi connectivity index (χ1) is 5.18. The van der Waals surface area contributed by atoms with E-state index in [0.29, 0.717) is 0 Å². The number of hydrogen-bond acceptors (Lipinski definition) is 3. The van der Waals surface area contributed by atoms with Crippen molar-refractivity contribution in [2.75, 3.05) is 0 Å². The van der Waals surface area contributed by atoms with Crippen molar-refractivity contribution in [2.24, 2.45) is 5.73 Å². The van der Waals surface area contributed by atoms with Gasteiger partial charge in [-0.3, -0.25) is 0 Å². The molecular weight excluding hydrogens is 224 g/mol. The molecule has 0 spiro atoms. The summed E-state index contributed by atoms with van der Waals surface area (Å²) in [7, 11) is 0. The van der Waals surface area contributed by atoms with Gasteiger partial charge in [-0.1, -0.05) is 0 Å². The fraction of sp³-hybridized carbons (Fsp3) is 0.571. The summed E-state index contributed by atoms with van der Waals surface area (Å²) >= 11 is 5.04. The minimum absolute atomic E-state index is 0.276. The van der Waals surface area contributed by atoms with Crippen LogP contribution >= 0.6 is 27.3 Å². The molecule has 2 N–H and O–H groups in total. The molecular formula is C7H11BrN2S. The SMILES string of the molecule is CC(N)CCc1ncc(Br)s1. The van der Waals surface area contributed by atoms with Gasteiger partial charge >= 0.3 is 0 Å². The second-order valence-electron chi connectivity index (χ2n) is 2.57. The molecule has 0 fully saturated rings. The second kappa shape index (κ2) is 4.18. The molecule has 0 saturated heterocycles. The van der Waals surface area contributed by atoms with E-state index in [9.17, 15) is 0 Å². The van der Waals surface area contributed by atoms with Crippen molar-refractivity contribution in [3.8, 4) is 0 Å². The van der Waals surface area contributed by atoms with Crippen LogP contribution in [-0.2, 0) is 6.42 Å². The molecule has 0 bridgehead atoms. The smallest absolute Gasteiger partial charge is 0.0937 e. The minimum Gasteiger partial charge on any atom is -0.328 e. The molecule has 0 aromatic carbocycles. The van der Waals surface area contributed by atoms with Gasteiger partial charge in [0.05, 0.1) is 15.0 Å². The third-order valence-electron chi connectivity index (χ3n) is 1.34. The van der Waals surface area contributed by atoms with Gasteiger partial charge in [-0.15, -0.1) is 11.3 Å². The van der Waals surface area contributed by atoms with Crippen LogP contribution in [0.1, 0.15) is 18.4 Å². The Hall–Kier alpha value is 0.0700. The summed E-state index contributed by atoms with van der Waals surface area (Å²) in [5, 5.41) is 1.16. The standard InChI is InChI=1S/C7H11BrN2S/c1-5(9)2-3-7-10-4-6(8)11-7/h4-5H,2-3,9H2,1H3. The summed E-state index contributed by atoms with van der Waals surface area (Å²) < 4.78 is 1.09. The maximum absolute atomic E-state index is 5.61. The van der Waals surface area contributed by atoms with Crippen LogP contribution in [0.3, 0.4) is 0 Å². The van der Waals surface area contributed by atoms with Gasteiger partial charge in [-0.25, -0.2) is 4.98 Å². The summed E-state index contributed by atoms with van der Waals surface area (Å²) in [6, 6.07) is 0.276. The fourth-order valence-electron chi connectivity index (χ4n) is 0.755. The summed E-state index contributed by atoms with van der Waals surface area (Å²) in [4.78, 5) is 4.20. The number of aryl methyl sites for hydroxylation is 1. The molecule has 0 radical (unpaired) electrons. The van der Waals surface area contributed by atoms with Gasteiger partial charge in [0.15, 0.2) is 0 Å². The summed E-state index contributed by atoms with van der Waals surface area (Å²) in [5.41, 5.74) is 5.61. The highest BCUT2D eigenvalue weighted by Crippen LogP contribution is 2.20. The lowest BCUT2D eigenvalue weighted by atomic mass is 10.2. The predicted molar refractivity (Wildman–Crippen MR) is 51.8 cm³/mol. The summed E-state index contributed by atoms with van der Waals surface area (Å²) in [6.07, 6.45) is 3.84. The average Bonchev–Trinajstić information content (AvgIpc) is 2.31. The lowest BCUT2D eigenvalue weighted by Crippen LogP contribution is -2.15. The largest absolute Gasteiger partial charge is 0.328 e. The highest BCUT2D eigenvalue weighted by Gasteiger charge is 2.00. The van der Waals surface area contributed by atoms with Gasteiger partial charge in [-0.05, 0) is 29.3 Å². The molecule has 0 aliphatic carbocycles. The topological polar surface area (TPSA) is 38.9 Å². The van der Waals surface area contributed by atoms with E-state index < -0.39 is 0 Å². The van der Waals surface area contributed by atoms with Crippen LogP contribution in [0.4, 0.5) is 0 Å². The van der Waals surface area contributed by atoms with E-state index in [4.69, 9.17) is 5.73 Å². The number of rotatable bonds is 3. The summed E-state index contributed by atoms with van der Waals surface area (Å²) in [5.74, 6) is 0. The van der Waals surface area contributed by atoms with Crippen LogP contribution in [0, 0.1) is 0 Å². The van der Waals surface area contributed by atoms with E-state index >= 15 is 0 Å². The van der Waals surface area contributed by atoms with E-state index in [-0.39, 0.29) is 6.04 Å². The minimum atomic E-state index is 0.276. The zero-order valence-corrected chi connectivity index (χ0v) is 8.78. The number of nitrogens with two attached hydrogens (primary N) is 1. The van der Waals surface area contributed by atoms with E-state index in [1.807, 2.05) is 13.1 Å². The number of thiazole rings is 1. The van der Waals surface area contributed by atoms with Crippen molar-refractivity contribution in [2.45, 2.75) is 25.8 Å². The molecule has 11 heavy (non-hydrogen) atoms. The van der Waals surface area contributed by atoms with Gasteiger partial charge in [-0.2, -0.15) is 0 Å². The average molecular weight is 235 g/mol. The second-order valence-corrected chi connectivity index (χ2v) is 5.07. The van der Waals surface area contributed by atoms with Crippen LogP contribution in [0.15, 0.2) is 9.98 Å². The molecule has 2 nitrogen and oxygen atoms in total. The highest BCUT2D eigenvalue weighted by molar-refractivity contribution is 9.11. The van der Waals surface area contributed by atoms with E-state index in [1.54, 1.807) is 11.3 Å². The molecule has 0 amide bonds. The lowest BCUT2D eigenvalue weighted by Gasteiger charge is -2.00. The first-order valence-electron chi connectivity index (χ1n) is 3.54. The van der Waals surface area contributed by atoms with Crippen molar-refractivity contribution in [3.63, 3.8) is 0 Å². The Bertz CT molecular complexity index is 222. The predicted octanol–water partition coefficient (Wildman–Crippen LogP) is 2.19. The lowest BCUT2D eigenvalue weighted by molar-refractivity contribution is 0.664. The molecule has 0 aliphatic rings. The number of hydrogen-bond donors (Lipinski definition) is 1. The van der Waals surface area contributed by atoms with E-state index in [2.05, 4.69) is 20.9 Å². The first kappa shape index (κ1) is 9.16. The molecule has 1 rings (SSSR count). The Morgan fingerprint density at radius 1 is 1.82 bits per heavy atom. The Balaban J connectivity index is 2.39. The fourth-order valence-corrected chi connectivity index (χ4v) is 2.07. The Labute approximate surface area is 79.0 Å². The first-order valence-corrected chi connectivity index (χ1v) is 5.15. The maximum Gasteiger partial charge on any atom is 0.0937 e. The van der Waals surface area contributed by atoms with Crippen LogP contribution in [0.25, 0.3) is 0 Å². The third-order valence-corrected chi connectivity index (χ3v) is 2.87. The number of nitrogens with zero attached hydrogens (tertiary/aromatic N) is 1. The molecule has 1 aromatic heterocycles. The Morgan fingerprint density at radius 3 is 3.00 bits per heavy atom. The highest BCUT2D eigenvalue weighted by atomic mass is 79.9. The van der Waals surface area contributed by atoms with Crippen LogP contribution in [0.2, 0.25) is 0 Å². The van der Waals surface area contributed by atoms with Crippen LogP contribution < -0.4 is 5.73 Å². The molecule has 1 atom stereocenters. The third kappa shape index (κ3) is 3.31. The normalized spacial score (nSPS) is 13.4. The molecule has 1 unspecified atom stereocenters. The zero-order chi connectivity index (χ0) is 8.27. The van der Waals surface area contributed by atoms with Crippen LogP contribution in [0.5, 0.6) is 0 Å². The zero-order valence-electron chi connectivity index (χ0n) is 6.38. The monoisotopic (exact) mass is 234 g/mol. The molecule has 0 aliphatic heterocycles.